The molecule has 0 heterocycles. The fourth-order valence-electron chi connectivity index (χ4n) is 1.72. The molecule has 0 aliphatic heterocycles. The molecule has 0 bridgehead atoms. The second kappa shape index (κ2) is 7.82. The minimum absolute atomic E-state index is 0.557. The van der Waals surface area contributed by atoms with Crippen molar-refractivity contribution in [2.75, 3.05) is 39.2 Å². The van der Waals surface area contributed by atoms with E-state index in [1.54, 1.807) is 0 Å². The molecule has 0 spiro atoms. The predicted molar refractivity (Wildman–Crippen MR) is 78.0 cm³/mol. The molecule has 17 heavy (non-hydrogen) atoms. The van der Waals surface area contributed by atoms with Crippen LogP contribution in [0.5, 0.6) is 0 Å². The molecule has 0 aromatic rings. The maximum atomic E-state index is 4.22. The van der Waals surface area contributed by atoms with E-state index in [-0.39, 0.29) is 0 Å². The molecule has 100 valence electrons. The molecule has 0 amide bonds. The van der Waals surface area contributed by atoms with Crippen LogP contribution >= 0.6 is 11.8 Å². The summed E-state index contributed by atoms with van der Waals surface area (Å²) in [6, 6.07) is 1.37. The molecule has 1 rings (SSSR count). The molecule has 1 fully saturated rings. The van der Waals surface area contributed by atoms with Crippen LogP contribution in [-0.2, 0) is 0 Å². The van der Waals surface area contributed by atoms with Crippen LogP contribution in [0, 0.1) is 0 Å². The van der Waals surface area contributed by atoms with Crippen LogP contribution in [0.4, 0.5) is 0 Å². The van der Waals surface area contributed by atoms with Gasteiger partial charge < -0.3 is 10.6 Å². The monoisotopic (exact) mass is 258 g/mol. The molecule has 1 aliphatic carbocycles. The number of thioether (sulfide) groups is 1. The molecule has 1 aliphatic rings. The average Bonchev–Trinajstić information content (AvgIpc) is 3.16. The van der Waals surface area contributed by atoms with Crippen LogP contribution in [0.1, 0.15) is 19.8 Å². The third-order valence-corrected chi connectivity index (χ3v) is 3.82. The van der Waals surface area contributed by atoms with Crippen molar-refractivity contribution >= 4 is 17.7 Å². The standard InChI is InChI=1S/C12H26N4S/c1-10(16(3)11-5-6-11)9-15-12(13-2)14-7-8-17-4/h10-11H,5-9H2,1-4H3,(H2,13,14,15). The lowest BCUT2D eigenvalue weighted by atomic mass is 10.3. The third kappa shape index (κ3) is 5.64. The molecule has 1 unspecified atom stereocenters. The Morgan fingerprint density at radius 2 is 2.18 bits per heavy atom. The molecule has 5 heteroatoms. The Bertz CT molecular complexity index is 241. The Balaban J connectivity index is 2.17. The van der Waals surface area contributed by atoms with Crippen molar-refractivity contribution in [3.8, 4) is 0 Å². The highest BCUT2D eigenvalue weighted by Crippen LogP contribution is 2.26. The number of hydrogen-bond donors (Lipinski definition) is 2. The van der Waals surface area contributed by atoms with Gasteiger partial charge in [0, 0.05) is 38.0 Å². The first-order valence-corrected chi connectivity index (χ1v) is 7.73. The summed E-state index contributed by atoms with van der Waals surface area (Å²) in [7, 11) is 4.04. The normalized spacial score (nSPS) is 18.3. The van der Waals surface area contributed by atoms with E-state index in [4.69, 9.17) is 0 Å². The van der Waals surface area contributed by atoms with Gasteiger partial charge in [-0.25, -0.2) is 0 Å². The lowest BCUT2D eigenvalue weighted by Gasteiger charge is -2.25. The Hall–Kier alpha value is -0.420. The van der Waals surface area contributed by atoms with Gasteiger partial charge in [-0.05, 0) is 33.1 Å². The first kappa shape index (κ1) is 14.6. The van der Waals surface area contributed by atoms with Crippen LogP contribution < -0.4 is 10.6 Å². The summed E-state index contributed by atoms with van der Waals surface area (Å²) in [4.78, 5) is 6.68. The highest BCUT2D eigenvalue weighted by atomic mass is 32.2. The maximum absolute atomic E-state index is 4.22. The van der Waals surface area contributed by atoms with E-state index in [2.05, 4.69) is 40.8 Å². The van der Waals surface area contributed by atoms with Gasteiger partial charge in [0.05, 0.1) is 0 Å². The fourth-order valence-corrected chi connectivity index (χ4v) is 2.03. The molecule has 4 nitrogen and oxygen atoms in total. The maximum Gasteiger partial charge on any atom is 0.191 e. The minimum Gasteiger partial charge on any atom is -0.356 e. The molecule has 1 atom stereocenters. The molecule has 0 aromatic carbocycles. The number of aliphatic imine (C=N–C) groups is 1. The zero-order chi connectivity index (χ0) is 12.7. The smallest absolute Gasteiger partial charge is 0.191 e. The summed E-state index contributed by atoms with van der Waals surface area (Å²) in [5.74, 6) is 2.02. The molecule has 0 aromatic heterocycles. The van der Waals surface area contributed by atoms with Crippen molar-refractivity contribution < 1.29 is 0 Å². The molecule has 0 saturated heterocycles. The molecule has 1 saturated carbocycles. The molecule has 0 radical (unpaired) electrons. The largest absolute Gasteiger partial charge is 0.356 e. The van der Waals surface area contributed by atoms with Gasteiger partial charge in [-0.15, -0.1) is 0 Å². The Morgan fingerprint density at radius 3 is 2.71 bits per heavy atom. The highest BCUT2D eigenvalue weighted by Gasteiger charge is 2.28. The highest BCUT2D eigenvalue weighted by molar-refractivity contribution is 7.98. The van der Waals surface area contributed by atoms with E-state index in [1.165, 1.54) is 12.8 Å². The number of hydrogen-bond acceptors (Lipinski definition) is 3. The van der Waals surface area contributed by atoms with E-state index in [1.807, 2.05) is 18.8 Å². The molecular formula is C12H26N4S. The van der Waals surface area contributed by atoms with Gasteiger partial charge in [0.25, 0.3) is 0 Å². The summed E-state index contributed by atoms with van der Waals surface area (Å²) in [5.41, 5.74) is 0. The van der Waals surface area contributed by atoms with Gasteiger partial charge in [0.15, 0.2) is 5.96 Å². The van der Waals surface area contributed by atoms with Crippen molar-refractivity contribution in [3.63, 3.8) is 0 Å². The SMILES string of the molecule is CN=C(NCCSC)NCC(C)N(C)C1CC1. The molecule has 2 N–H and O–H groups in total. The first-order valence-electron chi connectivity index (χ1n) is 6.34. The predicted octanol–water partition coefficient (Wildman–Crippen LogP) is 0.997. The van der Waals surface area contributed by atoms with Crippen molar-refractivity contribution in [2.24, 2.45) is 4.99 Å². The summed E-state index contributed by atoms with van der Waals surface area (Å²) in [5, 5.41) is 6.69. The van der Waals surface area contributed by atoms with E-state index in [0.717, 1.165) is 30.8 Å². The first-order chi connectivity index (χ1) is 8.19. The number of nitrogens with one attached hydrogen (secondary N) is 2. The number of guanidine groups is 1. The zero-order valence-electron chi connectivity index (χ0n) is 11.5. The van der Waals surface area contributed by atoms with E-state index in [9.17, 15) is 0 Å². The van der Waals surface area contributed by atoms with Crippen molar-refractivity contribution in [3.05, 3.63) is 0 Å². The Kier molecular flexibility index (Phi) is 6.73. The van der Waals surface area contributed by atoms with Gasteiger partial charge in [-0.1, -0.05) is 0 Å². The number of likely N-dealkylation sites (N-methyl/N-ethyl adjacent to an activating group) is 1. The zero-order valence-corrected chi connectivity index (χ0v) is 12.3. The second-order valence-electron chi connectivity index (χ2n) is 4.62. The van der Waals surface area contributed by atoms with Crippen molar-refractivity contribution in [1.29, 1.82) is 0 Å². The van der Waals surface area contributed by atoms with Crippen LogP contribution in [0.25, 0.3) is 0 Å². The minimum atomic E-state index is 0.557. The topological polar surface area (TPSA) is 39.7 Å². The molecular weight excluding hydrogens is 232 g/mol. The fraction of sp³-hybridized carbons (Fsp3) is 0.917. The number of nitrogens with zero attached hydrogens (tertiary/aromatic N) is 2. The lowest BCUT2D eigenvalue weighted by Crippen LogP contribution is -2.45. The Labute approximate surface area is 110 Å². The van der Waals surface area contributed by atoms with E-state index >= 15 is 0 Å². The second-order valence-corrected chi connectivity index (χ2v) is 5.60. The lowest BCUT2D eigenvalue weighted by molar-refractivity contribution is 0.247. The quantitative estimate of drug-likeness (QED) is 0.406. The summed E-state index contributed by atoms with van der Waals surface area (Å²) >= 11 is 1.84. The summed E-state index contributed by atoms with van der Waals surface area (Å²) < 4.78 is 0. The van der Waals surface area contributed by atoms with Crippen molar-refractivity contribution in [2.45, 2.75) is 31.8 Å². The van der Waals surface area contributed by atoms with Crippen LogP contribution in [0.3, 0.4) is 0 Å². The third-order valence-electron chi connectivity index (χ3n) is 3.21. The van der Waals surface area contributed by atoms with Crippen LogP contribution in [0.15, 0.2) is 4.99 Å². The van der Waals surface area contributed by atoms with Gasteiger partial charge in [0.1, 0.15) is 0 Å². The van der Waals surface area contributed by atoms with Crippen LogP contribution in [-0.4, -0.2) is 62.1 Å². The number of rotatable bonds is 7. The Morgan fingerprint density at radius 1 is 1.47 bits per heavy atom. The van der Waals surface area contributed by atoms with Gasteiger partial charge >= 0.3 is 0 Å². The summed E-state index contributed by atoms with van der Waals surface area (Å²) in [6.45, 7) is 4.18. The van der Waals surface area contributed by atoms with Gasteiger partial charge in [0.2, 0.25) is 0 Å². The van der Waals surface area contributed by atoms with E-state index in [0.29, 0.717) is 6.04 Å². The van der Waals surface area contributed by atoms with E-state index < -0.39 is 0 Å². The summed E-state index contributed by atoms with van der Waals surface area (Å²) in [6.07, 6.45) is 4.84. The van der Waals surface area contributed by atoms with Gasteiger partial charge in [-0.2, -0.15) is 11.8 Å². The van der Waals surface area contributed by atoms with Crippen LogP contribution in [0.2, 0.25) is 0 Å². The van der Waals surface area contributed by atoms with Gasteiger partial charge in [-0.3, -0.25) is 9.89 Å². The average molecular weight is 258 g/mol. The van der Waals surface area contributed by atoms with Crippen molar-refractivity contribution in [1.82, 2.24) is 15.5 Å².